The van der Waals surface area contributed by atoms with E-state index >= 15 is 0 Å². The zero-order chi connectivity index (χ0) is 16.1. The number of imidazole rings is 1. The highest BCUT2D eigenvalue weighted by Crippen LogP contribution is 2.36. The van der Waals surface area contributed by atoms with Crippen molar-refractivity contribution in [2.75, 3.05) is 0 Å². The fourth-order valence-electron chi connectivity index (χ4n) is 1.90. The summed E-state index contributed by atoms with van der Waals surface area (Å²) in [7, 11) is -0.697. The number of nitrogens with zero attached hydrogens (tertiary/aromatic N) is 2. The van der Waals surface area contributed by atoms with E-state index in [0.717, 1.165) is 0 Å². The Balaban J connectivity index is 2.25. The molecule has 21 heavy (non-hydrogen) atoms. The van der Waals surface area contributed by atoms with Crippen LogP contribution in [0, 0.1) is 0 Å². The van der Waals surface area contributed by atoms with Gasteiger partial charge in [0.2, 0.25) is 0 Å². The second-order valence-corrected chi connectivity index (χ2v) is 7.22. The highest BCUT2D eigenvalue weighted by atomic mass is 16.7. The molecule has 1 saturated heterocycles. The zero-order valence-corrected chi connectivity index (χ0v) is 13.8. The monoisotopic (exact) mass is 294 g/mol. The van der Waals surface area contributed by atoms with Gasteiger partial charge in [0.1, 0.15) is 11.3 Å². The first kappa shape index (κ1) is 16.0. The Hall–Kier alpha value is -1.34. The van der Waals surface area contributed by atoms with Gasteiger partial charge in [-0.25, -0.2) is 14.3 Å². The van der Waals surface area contributed by atoms with E-state index in [0.29, 0.717) is 5.72 Å². The van der Waals surface area contributed by atoms with Crippen molar-refractivity contribution in [3.63, 3.8) is 0 Å². The molecule has 116 valence electrons. The molecule has 1 aromatic heterocycles. The quantitative estimate of drug-likeness (QED) is 0.741. The molecule has 0 atom stereocenters. The van der Waals surface area contributed by atoms with E-state index in [4.69, 9.17) is 14.0 Å². The molecule has 0 spiro atoms. The third-order valence-corrected chi connectivity index (χ3v) is 3.72. The van der Waals surface area contributed by atoms with Crippen molar-refractivity contribution in [3.8, 4) is 0 Å². The molecule has 1 aliphatic heterocycles. The Kier molecular flexibility index (Phi) is 3.70. The molecule has 1 fully saturated rings. The maximum Gasteiger partial charge on any atom is 0.533 e. The Morgan fingerprint density at radius 3 is 2.24 bits per heavy atom. The third kappa shape index (κ3) is 3.13. The Morgan fingerprint density at radius 2 is 1.76 bits per heavy atom. The van der Waals surface area contributed by atoms with Gasteiger partial charge in [-0.15, -0.1) is 0 Å². The van der Waals surface area contributed by atoms with Gasteiger partial charge in [-0.1, -0.05) is 0 Å². The van der Waals surface area contributed by atoms with Crippen LogP contribution in [-0.2, 0) is 14.0 Å². The Morgan fingerprint density at radius 1 is 1.24 bits per heavy atom. The molecule has 0 aromatic carbocycles. The average molecular weight is 294 g/mol. The molecule has 1 aliphatic rings. The van der Waals surface area contributed by atoms with Gasteiger partial charge in [-0.05, 0) is 48.5 Å². The topological polar surface area (TPSA) is 62.6 Å². The van der Waals surface area contributed by atoms with Crippen LogP contribution in [0.15, 0.2) is 12.4 Å². The van der Waals surface area contributed by atoms with E-state index in [-0.39, 0.29) is 0 Å². The van der Waals surface area contributed by atoms with Gasteiger partial charge < -0.3 is 14.0 Å². The minimum Gasteiger partial charge on any atom is -0.443 e. The van der Waals surface area contributed by atoms with Crippen LogP contribution >= 0.6 is 0 Å². The van der Waals surface area contributed by atoms with Gasteiger partial charge in [0.15, 0.2) is 0 Å². The maximum atomic E-state index is 12.2. The average Bonchev–Trinajstić information content (AvgIpc) is 2.79. The highest BCUT2D eigenvalue weighted by Gasteiger charge is 2.53. The third-order valence-electron chi connectivity index (χ3n) is 3.72. The smallest absolute Gasteiger partial charge is 0.443 e. The molecular formula is C14H23BN2O4. The number of hydrogen-bond donors (Lipinski definition) is 0. The van der Waals surface area contributed by atoms with Crippen molar-refractivity contribution in [1.29, 1.82) is 0 Å². The molecular weight excluding hydrogens is 271 g/mol. The molecule has 1 aromatic rings. The number of hydrogen-bond acceptors (Lipinski definition) is 5. The summed E-state index contributed by atoms with van der Waals surface area (Å²) >= 11 is 0. The molecule has 7 heteroatoms. The van der Waals surface area contributed by atoms with E-state index in [9.17, 15) is 4.79 Å². The summed E-state index contributed by atoms with van der Waals surface area (Å²) in [5, 5.41) is 0. The van der Waals surface area contributed by atoms with Crippen LogP contribution in [0.1, 0.15) is 48.5 Å². The summed E-state index contributed by atoms with van der Waals surface area (Å²) in [5.41, 5.74) is -1.15. The van der Waals surface area contributed by atoms with Crippen LogP contribution in [0.3, 0.4) is 0 Å². The predicted molar refractivity (Wildman–Crippen MR) is 79.6 cm³/mol. The first-order valence-corrected chi connectivity index (χ1v) is 7.05. The first-order valence-electron chi connectivity index (χ1n) is 7.05. The van der Waals surface area contributed by atoms with Gasteiger partial charge in [0.25, 0.3) is 0 Å². The molecule has 0 radical (unpaired) electrons. The molecule has 0 amide bonds. The molecule has 2 heterocycles. The van der Waals surface area contributed by atoms with Gasteiger partial charge >= 0.3 is 13.2 Å². The molecule has 0 bridgehead atoms. The standard InChI is InChI=1S/C14H23BN2O4/c1-12(2,3)19-11(18)17-9-8-16-10(17)15-20-13(4,5)14(6,7)21-15/h8-9H,1-7H3. The summed E-state index contributed by atoms with van der Waals surface area (Å²) in [6.45, 7) is 13.3. The van der Waals surface area contributed by atoms with Crippen LogP contribution in [0.2, 0.25) is 0 Å². The minimum atomic E-state index is -0.697. The summed E-state index contributed by atoms with van der Waals surface area (Å²) in [4.78, 5) is 16.4. The number of carbonyl (C=O) groups excluding carboxylic acids is 1. The van der Waals surface area contributed by atoms with E-state index in [1.54, 1.807) is 6.20 Å². The number of ether oxygens (including phenoxy) is 1. The largest absolute Gasteiger partial charge is 0.533 e. The van der Waals surface area contributed by atoms with Gasteiger partial charge in [-0.3, -0.25) is 0 Å². The van der Waals surface area contributed by atoms with Crippen molar-refractivity contribution in [3.05, 3.63) is 12.4 Å². The lowest BCUT2D eigenvalue weighted by Crippen LogP contribution is -2.44. The maximum absolute atomic E-state index is 12.2. The molecule has 2 rings (SSSR count). The zero-order valence-electron chi connectivity index (χ0n) is 13.8. The van der Waals surface area contributed by atoms with Crippen LogP contribution < -0.4 is 5.72 Å². The molecule has 6 nitrogen and oxygen atoms in total. The van der Waals surface area contributed by atoms with Crippen molar-refractivity contribution in [1.82, 2.24) is 9.55 Å². The fraction of sp³-hybridized carbons (Fsp3) is 0.714. The molecule has 0 saturated carbocycles. The summed E-state index contributed by atoms with van der Waals surface area (Å²) < 4.78 is 18.5. The summed E-state index contributed by atoms with van der Waals surface area (Å²) in [6, 6.07) is 0. The van der Waals surface area contributed by atoms with Gasteiger partial charge in [0.05, 0.1) is 11.2 Å². The lowest BCUT2D eigenvalue weighted by atomic mass is 9.89. The number of aromatic nitrogens is 2. The van der Waals surface area contributed by atoms with Crippen molar-refractivity contribution in [2.24, 2.45) is 0 Å². The van der Waals surface area contributed by atoms with Gasteiger partial charge in [-0.2, -0.15) is 0 Å². The molecule has 0 unspecified atom stereocenters. The van der Waals surface area contributed by atoms with E-state index < -0.39 is 30.0 Å². The second kappa shape index (κ2) is 4.85. The number of carbonyl (C=O) groups is 1. The highest BCUT2D eigenvalue weighted by molar-refractivity contribution is 6.60. The van der Waals surface area contributed by atoms with Crippen LogP contribution in [0.5, 0.6) is 0 Å². The molecule has 0 aliphatic carbocycles. The lowest BCUT2D eigenvalue weighted by molar-refractivity contribution is 0.00578. The van der Waals surface area contributed by atoms with Crippen molar-refractivity contribution in [2.45, 2.75) is 65.3 Å². The van der Waals surface area contributed by atoms with E-state index in [1.807, 2.05) is 48.5 Å². The Bertz CT molecular complexity index is 529. The van der Waals surface area contributed by atoms with Crippen LogP contribution in [0.25, 0.3) is 0 Å². The predicted octanol–water partition coefficient (Wildman–Crippen LogP) is 1.97. The number of rotatable bonds is 1. The first-order chi connectivity index (χ1) is 9.43. The van der Waals surface area contributed by atoms with Crippen LogP contribution in [0.4, 0.5) is 4.79 Å². The lowest BCUT2D eigenvalue weighted by Gasteiger charge is -2.32. The van der Waals surface area contributed by atoms with E-state index in [1.165, 1.54) is 10.8 Å². The van der Waals surface area contributed by atoms with Gasteiger partial charge in [0, 0.05) is 12.4 Å². The second-order valence-electron chi connectivity index (χ2n) is 7.22. The normalized spacial score (nSPS) is 20.6. The minimum absolute atomic E-state index is 0.392. The van der Waals surface area contributed by atoms with Crippen molar-refractivity contribution < 1.29 is 18.8 Å². The SMILES string of the molecule is CC(C)(C)OC(=O)n1ccnc1B1OC(C)(C)C(C)(C)O1. The fourth-order valence-corrected chi connectivity index (χ4v) is 1.90. The molecule has 0 N–H and O–H groups in total. The summed E-state index contributed by atoms with van der Waals surface area (Å²) in [5.74, 6) is 0. The van der Waals surface area contributed by atoms with E-state index in [2.05, 4.69) is 4.98 Å². The van der Waals surface area contributed by atoms with Crippen LogP contribution in [-0.4, -0.2) is 39.6 Å². The summed E-state index contributed by atoms with van der Waals surface area (Å²) in [6.07, 6.45) is 2.59. The van der Waals surface area contributed by atoms with Crippen molar-refractivity contribution >= 4 is 18.9 Å². The Labute approximate surface area is 125 Å².